The number of hydrogen-bond donors (Lipinski definition) is 1. The molecule has 2 aromatic heterocycles. The highest BCUT2D eigenvalue weighted by molar-refractivity contribution is 5.64. The lowest BCUT2D eigenvalue weighted by Gasteiger charge is -2.39. The zero-order chi connectivity index (χ0) is 11.1. The Labute approximate surface area is 93.1 Å². The first-order valence-electron chi connectivity index (χ1n) is 5.41. The van der Waals surface area contributed by atoms with Gasteiger partial charge in [-0.15, -0.1) is 10.2 Å². The zero-order valence-corrected chi connectivity index (χ0v) is 9.17. The lowest BCUT2D eigenvalue weighted by Crippen LogP contribution is -2.50. The van der Waals surface area contributed by atoms with Crippen molar-refractivity contribution in [2.45, 2.75) is 6.92 Å². The molecule has 0 radical (unpaired) electrons. The Balaban J connectivity index is 1.98. The lowest BCUT2D eigenvalue weighted by atomic mass is 10.0. The summed E-state index contributed by atoms with van der Waals surface area (Å²) < 4.78 is 1.96. The summed E-state index contributed by atoms with van der Waals surface area (Å²) in [4.78, 5) is 6.57. The Hall–Kier alpha value is -1.69. The van der Waals surface area contributed by atoms with E-state index in [1.54, 1.807) is 6.20 Å². The van der Waals surface area contributed by atoms with Crippen molar-refractivity contribution in [3.8, 4) is 0 Å². The molecule has 1 fully saturated rings. The van der Waals surface area contributed by atoms with Crippen molar-refractivity contribution in [2.24, 2.45) is 11.7 Å². The zero-order valence-electron chi connectivity index (χ0n) is 9.17. The summed E-state index contributed by atoms with van der Waals surface area (Å²) in [6.07, 6.45) is 3.67. The first kappa shape index (κ1) is 9.53. The maximum absolute atomic E-state index is 5.61. The fourth-order valence-electron chi connectivity index (χ4n) is 2.04. The molecular formula is C10H14N6. The topological polar surface area (TPSA) is 72.3 Å². The number of hydrogen-bond acceptors (Lipinski definition) is 5. The SMILES string of the molecule is Cc1nnc2c(N3CC(CN)C3)nccn12. The molecule has 2 N–H and O–H groups in total. The van der Waals surface area contributed by atoms with Crippen LogP contribution in [0.5, 0.6) is 0 Å². The van der Waals surface area contributed by atoms with Gasteiger partial charge < -0.3 is 10.6 Å². The normalized spacial score (nSPS) is 16.8. The van der Waals surface area contributed by atoms with Crippen LogP contribution in [0.3, 0.4) is 0 Å². The van der Waals surface area contributed by atoms with Gasteiger partial charge in [0.2, 0.25) is 5.65 Å². The first-order chi connectivity index (χ1) is 7.79. The fraction of sp³-hybridized carbons (Fsp3) is 0.500. The van der Waals surface area contributed by atoms with Crippen LogP contribution in [0, 0.1) is 12.8 Å². The van der Waals surface area contributed by atoms with Gasteiger partial charge in [0.05, 0.1) is 0 Å². The third kappa shape index (κ3) is 1.26. The van der Waals surface area contributed by atoms with Crippen molar-refractivity contribution in [3.05, 3.63) is 18.2 Å². The molecule has 3 rings (SSSR count). The molecule has 0 unspecified atom stereocenters. The lowest BCUT2D eigenvalue weighted by molar-refractivity contribution is 0.417. The van der Waals surface area contributed by atoms with E-state index in [4.69, 9.17) is 5.73 Å². The van der Waals surface area contributed by atoms with Crippen LogP contribution >= 0.6 is 0 Å². The van der Waals surface area contributed by atoms with E-state index in [2.05, 4.69) is 20.1 Å². The molecule has 1 aliphatic heterocycles. The molecule has 1 saturated heterocycles. The monoisotopic (exact) mass is 218 g/mol. The molecule has 6 nitrogen and oxygen atoms in total. The van der Waals surface area contributed by atoms with Crippen LogP contribution in [-0.2, 0) is 0 Å². The molecule has 2 aromatic rings. The Kier molecular flexibility index (Phi) is 2.03. The molecule has 0 spiro atoms. The summed E-state index contributed by atoms with van der Waals surface area (Å²) in [5.41, 5.74) is 6.44. The third-order valence-corrected chi connectivity index (χ3v) is 3.07. The van der Waals surface area contributed by atoms with Gasteiger partial charge in [-0.2, -0.15) is 0 Å². The second kappa shape index (κ2) is 3.41. The van der Waals surface area contributed by atoms with Crippen molar-refractivity contribution >= 4 is 11.5 Å². The van der Waals surface area contributed by atoms with Crippen molar-refractivity contribution < 1.29 is 0 Å². The predicted octanol–water partition coefficient (Wildman–Crippen LogP) is -0.172. The van der Waals surface area contributed by atoms with Crippen molar-refractivity contribution in [1.29, 1.82) is 0 Å². The Morgan fingerprint density at radius 2 is 2.25 bits per heavy atom. The van der Waals surface area contributed by atoms with E-state index in [-0.39, 0.29) is 0 Å². The number of fused-ring (bicyclic) bond motifs is 1. The van der Waals surface area contributed by atoms with Gasteiger partial charge in [0.15, 0.2) is 5.82 Å². The standard InChI is InChI=1S/C10H14N6/c1-7-13-14-10-9(12-2-3-16(7)10)15-5-8(4-11)6-15/h2-3,8H,4-6,11H2,1H3. The highest BCUT2D eigenvalue weighted by Crippen LogP contribution is 2.25. The van der Waals surface area contributed by atoms with Gasteiger partial charge in [-0.25, -0.2) is 4.98 Å². The largest absolute Gasteiger partial charge is 0.353 e. The van der Waals surface area contributed by atoms with Crippen LogP contribution in [0.25, 0.3) is 5.65 Å². The number of aryl methyl sites for hydroxylation is 1. The molecule has 0 aliphatic carbocycles. The molecule has 0 amide bonds. The van der Waals surface area contributed by atoms with Crippen molar-refractivity contribution in [1.82, 2.24) is 19.6 Å². The maximum atomic E-state index is 5.61. The second-order valence-corrected chi connectivity index (χ2v) is 4.20. The quantitative estimate of drug-likeness (QED) is 0.757. The molecule has 16 heavy (non-hydrogen) atoms. The summed E-state index contributed by atoms with van der Waals surface area (Å²) in [5.74, 6) is 2.38. The van der Waals surface area contributed by atoms with Crippen LogP contribution in [0.2, 0.25) is 0 Å². The highest BCUT2D eigenvalue weighted by Gasteiger charge is 2.28. The molecule has 0 bridgehead atoms. The van der Waals surface area contributed by atoms with Crippen LogP contribution in [0.1, 0.15) is 5.82 Å². The Morgan fingerprint density at radius 1 is 1.44 bits per heavy atom. The van der Waals surface area contributed by atoms with Crippen LogP contribution in [-0.4, -0.2) is 39.2 Å². The molecule has 84 valence electrons. The van der Waals surface area contributed by atoms with Crippen molar-refractivity contribution in [3.63, 3.8) is 0 Å². The molecule has 1 aliphatic rings. The van der Waals surface area contributed by atoms with Gasteiger partial charge in [0.25, 0.3) is 0 Å². The van der Waals surface area contributed by atoms with E-state index in [0.29, 0.717) is 5.92 Å². The van der Waals surface area contributed by atoms with Gasteiger partial charge in [-0.3, -0.25) is 4.40 Å². The van der Waals surface area contributed by atoms with Crippen LogP contribution in [0.15, 0.2) is 12.4 Å². The highest BCUT2D eigenvalue weighted by atomic mass is 15.3. The van der Waals surface area contributed by atoms with E-state index < -0.39 is 0 Å². The molecule has 0 aromatic carbocycles. The van der Waals surface area contributed by atoms with Gasteiger partial charge in [-0.1, -0.05) is 0 Å². The molecule has 6 heteroatoms. The molecular weight excluding hydrogens is 204 g/mol. The summed E-state index contributed by atoms with van der Waals surface area (Å²) in [6.45, 7) is 4.61. The number of anilines is 1. The summed E-state index contributed by atoms with van der Waals surface area (Å²) >= 11 is 0. The summed E-state index contributed by atoms with van der Waals surface area (Å²) in [6, 6.07) is 0. The van der Waals surface area contributed by atoms with Gasteiger partial charge in [0.1, 0.15) is 5.82 Å². The van der Waals surface area contributed by atoms with Crippen LogP contribution in [0.4, 0.5) is 5.82 Å². The van der Waals surface area contributed by atoms with E-state index in [1.807, 2.05) is 17.5 Å². The van der Waals surface area contributed by atoms with Gasteiger partial charge >= 0.3 is 0 Å². The minimum absolute atomic E-state index is 0.589. The van der Waals surface area contributed by atoms with Crippen molar-refractivity contribution in [2.75, 3.05) is 24.5 Å². The maximum Gasteiger partial charge on any atom is 0.203 e. The Morgan fingerprint density at radius 3 is 3.00 bits per heavy atom. The number of aromatic nitrogens is 4. The average molecular weight is 218 g/mol. The fourth-order valence-corrected chi connectivity index (χ4v) is 2.04. The van der Waals surface area contributed by atoms with E-state index in [1.165, 1.54) is 0 Å². The minimum Gasteiger partial charge on any atom is -0.353 e. The smallest absolute Gasteiger partial charge is 0.203 e. The minimum atomic E-state index is 0.589. The summed E-state index contributed by atoms with van der Waals surface area (Å²) in [5, 5.41) is 8.21. The van der Waals surface area contributed by atoms with Crippen LogP contribution < -0.4 is 10.6 Å². The Bertz CT molecular complexity index is 513. The van der Waals surface area contributed by atoms with E-state index in [0.717, 1.165) is 36.9 Å². The van der Waals surface area contributed by atoms with Gasteiger partial charge in [0, 0.05) is 31.4 Å². The second-order valence-electron chi connectivity index (χ2n) is 4.20. The van der Waals surface area contributed by atoms with Gasteiger partial charge in [-0.05, 0) is 13.5 Å². The van der Waals surface area contributed by atoms with E-state index in [9.17, 15) is 0 Å². The predicted molar refractivity (Wildman–Crippen MR) is 60.3 cm³/mol. The average Bonchev–Trinajstić information content (AvgIpc) is 2.60. The number of nitrogens with zero attached hydrogens (tertiary/aromatic N) is 5. The molecule has 3 heterocycles. The number of rotatable bonds is 2. The van der Waals surface area contributed by atoms with E-state index >= 15 is 0 Å². The summed E-state index contributed by atoms with van der Waals surface area (Å²) in [7, 11) is 0. The number of nitrogens with two attached hydrogens (primary N) is 1. The molecule has 0 atom stereocenters. The first-order valence-corrected chi connectivity index (χ1v) is 5.41. The third-order valence-electron chi connectivity index (χ3n) is 3.07. The molecule has 0 saturated carbocycles.